The van der Waals surface area contributed by atoms with Crippen molar-refractivity contribution in [2.24, 2.45) is 0 Å². The lowest BCUT2D eigenvalue weighted by Gasteiger charge is -2.39. The van der Waals surface area contributed by atoms with Gasteiger partial charge in [0.1, 0.15) is 0 Å². The van der Waals surface area contributed by atoms with Crippen LogP contribution >= 0.6 is 0 Å². The van der Waals surface area contributed by atoms with Gasteiger partial charge in [-0.3, -0.25) is 4.90 Å². The maximum Gasteiger partial charge on any atom is 0.0114 e. The zero-order valence-electron chi connectivity index (χ0n) is 10.3. The zero-order valence-corrected chi connectivity index (χ0v) is 10.3. The summed E-state index contributed by atoms with van der Waals surface area (Å²) in [5.74, 6) is 0. The molecule has 3 unspecified atom stereocenters. The summed E-state index contributed by atoms with van der Waals surface area (Å²) in [5, 5.41) is 3.44. The number of rotatable bonds is 3. The first-order chi connectivity index (χ1) is 7.35. The van der Waals surface area contributed by atoms with Gasteiger partial charge in [0.25, 0.3) is 0 Å². The molecule has 0 spiro atoms. The molecule has 0 aromatic heterocycles. The van der Waals surface area contributed by atoms with Gasteiger partial charge in [-0.2, -0.15) is 0 Å². The van der Waals surface area contributed by atoms with Gasteiger partial charge >= 0.3 is 0 Å². The molecule has 1 N–H and O–H groups in total. The number of nitrogens with zero attached hydrogens (tertiary/aromatic N) is 1. The van der Waals surface area contributed by atoms with E-state index in [1.54, 1.807) is 0 Å². The summed E-state index contributed by atoms with van der Waals surface area (Å²) in [4.78, 5) is 2.82. The van der Waals surface area contributed by atoms with Crippen LogP contribution in [0.5, 0.6) is 0 Å². The van der Waals surface area contributed by atoms with Crippen LogP contribution in [0.3, 0.4) is 0 Å². The second-order valence-electron chi connectivity index (χ2n) is 5.25. The molecule has 1 aliphatic carbocycles. The minimum Gasteiger partial charge on any atom is -0.317 e. The van der Waals surface area contributed by atoms with Gasteiger partial charge in [-0.15, -0.1) is 0 Å². The molecular formula is C13H26N2. The summed E-state index contributed by atoms with van der Waals surface area (Å²) in [6, 6.07) is 2.56. The first-order valence-electron chi connectivity index (χ1n) is 6.78. The van der Waals surface area contributed by atoms with Gasteiger partial charge in [0.2, 0.25) is 0 Å². The lowest BCUT2D eigenvalue weighted by Crippen LogP contribution is -2.45. The van der Waals surface area contributed by atoms with E-state index in [4.69, 9.17) is 0 Å². The van der Waals surface area contributed by atoms with Crippen LogP contribution in [0.4, 0.5) is 0 Å². The number of likely N-dealkylation sites (tertiary alicyclic amines) is 1. The quantitative estimate of drug-likeness (QED) is 0.769. The molecule has 1 aliphatic heterocycles. The zero-order chi connectivity index (χ0) is 10.7. The molecule has 2 aliphatic rings. The lowest BCUT2D eigenvalue weighted by molar-refractivity contribution is 0.0931. The average molecular weight is 210 g/mol. The van der Waals surface area contributed by atoms with Crippen molar-refractivity contribution < 1.29 is 0 Å². The Morgan fingerprint density at radius 1 is 1.20 bits per heavy atom. The Balaban J connectivity index is 1.90. The maximum atomic E-state index is 3.44. The van der Waals surface area contributed by atoms with Crippen molar-refractivity contribution in [1.29, 1.82) is 0 Å². The molecular weight excluding hydrogens is 184 g/mol. The summed E-state index contributed by atoms with van der Waals surface area (Å²) in [6.07, 6.45) is 9.86. The monoisotopic (exact) mass is 210 g/mol. The number of nitrogens with one attached hydrogen (secondary N) is 1. The second-order valence-corrected chi connectivity index (χ2v) is 5.25. The predicted octanol–water partition coefficient (Wildman–Crippen LogP) is 2.39. The highest BCUT2D eigenvalue weighted by Crippen LogP contribution is 2.30. The second kappa shape index (κ2) is 5.31. The van der Waals surface area contributed by atoms with Crippen molar-refractivity contribution >= 4 is 0 Å². The lowest BCUT2D eigenvalue weighted by atomic mass is 9.97. The molecule has 2 nitrogen and oxygen atoms in total. The molecule has 0 radical (unpaired) electrons. The molecule has 88 valence electrons. The standard InChI is InChI=1S/C13H26N2/c1-3-12-6-4-5-9-15(12)13-8-7-11(10-13)14-2/h11-14H,3-10H2,1-2H3. The largest absolute Gasteiger partial charge is 0.317 e. The van der Waals surface area contributed by atoms with Gasteiger partial charge in [0, 0.05) is 18.1 Å². The number of hydrogen-bond acceptors (Lipinski definition) is 2. The van der Waals surface area contributed by atoms with Crippen LogP contribution in [0.15, 0.2) is 0 Å². The Hall–Kier alpha value is -0.0800. The third-order valence-corrected chi connectivity index (χ3v) is 4.43. The summed E-state index contributed by atoms with van der Waals surface area (Å²) in [5.41, 5.74) is 0. The van der Waals surface area contributed by atoms with Crippen molar-refractivity contribution in [2.45, 2.75) is 70.0 Å². The van der Waals surface area contributed by atoms with Crippen LogP contribution < -0.4 is 5.32 Å². The predicted molar refractivity (Wildman–Crippen MR) is 65.1 cm³/mol. The van der Waals surface area contributed by atoms with Gasteiger partial charge in [0.05, 0.1) is 0 Å². The van der Waals surface area contributed by atoms with Crippen LogP contribution in [0.1, 0.15) is 51.9 Å². The SMILES string of the molecule is CCC1CCCCN1C1CCC(NC)C1. The van der Waals surface area contributed by atoms with E-state index in [2.05, 4.69) is 24.2 Å². The topological polar surface area (TPSA) is 15.3 Å². The summed E-state index contributed by atoms with van der Waals surface area (Å²) in [7, 11) is 2.11. The van der Waals surface area contributed by atoms with Crippen LogP contribution in [0.2, 0.25) is 0 Å². The van der Waals surface area contributed by atoms with Crippen LogP contribution in [-0.2, 0) is 0 Å². The van der Waals surface area contributed by atoms with E-state index < -0.39 is 0 Å². The first-order valence-corrected chi connectivity index (χ1v) is 6.78. The third kappa shape index (κ3) is 2.54. The Bertz CT molecular complexity index is 193. The van der Waals surface area contributed by atoms with E-state index >= 15 is 0 Å². The Kier molecular flexibility index (Phi) is 4.04. The van der Waals surface area contributed by atoms with E-state index in [0.717, 1.165) is 18.1 Å². The van der Waals surface area contributed by atoms with E-state index in [-0.39, 0.29) is 0 Å². The molecule has 2 fully saturated rings. The van der Waals surface area contributed by atoms with E-state index in [1.807, 2.05) is 0 Å². The fourth-order valence-electron chi connectivity index (χ4n) is 3.46. The highest BCUT2D eigenvalue weighted by Gasteiger charge is 2.32. The number of hydrogen-bond donors (Lipinski definition) is 1. The Labute approximate surface area is 94.4 Å². The molecule has 2 heteroatoms. The Morgan fingerprint density at radius 2 is 2.07 bits per heavy atom. The van der Waals surface area contributed by atoms with Crippen LogP contribution in [0, 0.1) is 0 Å². The van der Waals surface area contributed by atoms with Gasteiger partial charge in [0.15, 0.2) is 0 Å². The van der Waals surface area contributed by atoms with E-state index in [1.165, 1.54) is 51.5 Å². The Morgan fingerprint density at radius 3 is 2.73 bits per heavy atom. The van der Waals surface area contributed by atoms with Gasteiger partial charge in [-0.1, -0.05) is 13.3 Å². The van der Waals surface area contributed by atoms with Crippen molar-refractivity contribution in [3.8, 4) is 0 Å². The van der Waals surface area contributed by atoms with E-state index in [0.29, 0.717) is 0 Å². The molecule has 1 saturated carbocycles. The average Bonchev–Trinajstić information content (AvgIpc) is 2.77. The van der Waals surface area contributed by atoms with Gasteiger partial charge < -0.3 is 5.32 Å². The van der Waals surface area contributed by atoms with Gasteiger partial charge in [-0.05, 0) is 52.1 Å². The fraction of sp³-hybridized carbons (Fsp3) is 1.00. The molecule has 0 aromatic carbocycles. The molecule has 0 aromatic rings. The summed E-state index contributed by atoms with van der Waals surface area (Å²) >= 11 is 0. The van der Waals surface area contributed by atoms with E-state index in [9.17, 15) is 0 Å². The van der Waals surface area contributed by atoms with Crippen molar-refractivity contribution in [1.82, 2.24) is 10.2 Å². The molecule has 1 saturated heterocycles. The normalized spacial score (nSPS) is 38.4. The van der Waals surface area contributed by atoms with Crippen LogP contribution in [-0.4, -0.2) is 36.6 Å². The maximum absolute atomic E-state index is 3.44. The molecule has 0 amide bonds. The van der Waals surface area contributed by atoms with Crippen molar-refractivity contribution in [3.05, 3.63) is 0 Å². The molecule has 2 rings (SSSR count). The highest BCUT2D eigenvalue weighted by molar-refractivity contribution is 4.90. The molecule has 1 heterocycles. The van der Waals surface area contributed by atoms with Crippen LogP contribution in [0.25, 0.3) is 0 Å². The molecule has 0 bridgehead atoms. The molecule has 3 atom stereocenters. The van der Waals surface area contributed by atoms with Crippen molar-refractivity contribution in [3.63, 3.8) is 0 Å². The summed E-state index contributed by atoms with van der Waals surface area (Å²) < 4.78 is 0. The number of piperidine rings is 1. The fourth-order valence-corrected chi connectivity index (χ4v) is 3.46. The smallest absolute Gasteiger partial charge is 0.0114 e. The van der Waals surface area contributed by atoms with Crippen molar-refractivity contribution in [2.75, 3.05) is 13.6 Å². The van der Waals surface area contributed by atoms with Gasteiger partial charge in [-0.25, -0.2) is 0 Å². The first kappa shape index (κ1) is 11.4. The minimum absolute atomic E-state index is 0.787. The summed E-state index contributed by atoms with van der Waals surface area (Å²) in [6.45, 7) is 3.72. The molecule has 15 heavy (non-hydrogen) atoms. The minimum atomic E-state index is 0.787. The third-order valence-electron chi connectivity index (χ3n) is 4.43. The highest BCUT2D eigenvalue weighted by atomic mass is 15.2.